The molecule has 0 aliphatic heterocycles. The van der Waals surface area contributed by atoms with Gasteiger partial charge in [-0.2, -0.15) is 0 Å². The average Bonchev–Trinajstić information content (AvgIpc) is 2.53. The van der Waals surface area contributed by atoms with Gasteiger partial charge in [0.2, 0.25) is 5.24 Å². The summed E-state index contributed by atoms with van der Waals surface area (Å²) in [7, 11) is 1.52. The van der Waals surface area contributed by atoms with Crippen molar-refractivity contribution in [2.45, 2.75) is 6.61 Å². The van der Waals surface area contributed by atoms with E-state index in [2.05, 4.69) is 15.9 Å². The number of carbonyl (C=O) groups is 1. The molecule has 3 nitrogen and oxygen atoms in total. The lowest BCUT2D eigenvalue weighted by atomic mass is 10.2. The maximum atomic E-state index is 12.9. The van der Waals surface area contributed by atoms with Crippen LogP contribution in [0.5, 0.6) is 11.5 Å². The molecule has 0 heterocycles. The number of hydrogen-bond donors (Lipinski definition) is 0. The average molecular weight is 400 g/mol. The minimum absolute atomic E-state index is 0.268. The highest BCUT2D eigenvalue weighted by Crippen LogP contribution is 2.37. The monoisotopic (exact) mass is 398 g/mol. The minimum atomic E-state index is -0.559. The van der Waals surface area contributed by atoms with E-state index >= 15 is 0 Å². The molecule has 23 heavy (non-hydrogen) atoms. The lowest BCUT2D eigenvalue weighted by Gasteiger charge is -2.13. The van der Waals surface area contributed by atoms with Crippen LogP contribution in [0.3, 0.4) is 0 Å². The molecule has 0 unspecified atom stereocenters. The topological polar surface area (TPSA) is 35.5 Å². The van der Waals surface area contributed by atoms with Crippen molar-refractivity contribution in [1.82, 2.24) is 0 Å². The predicted molar refractivity (Wildman–Crippen MR) is 91.3 cm³/mol. The maximum Gasteiger partial charge on any atom is 0.245 e. The van der Waals surface area contributed by atoms with Crippen molar-refractivity contribution in [2.24, 2.45) is 0 Å². The number of benzene rings is 2. The zero-order chi connectivity index (χ0) is 16.8. The number of halogens is 3. The van der Waals surface area contributed by atoms with Crippen LogP contribution in [-0.2, 0) is 11.4 Å². The molecule has 0 atom stereocenters. The summed E-state index contributed by atoms with van der Waals surface area (Å²) in [6.45, 7) is 0.268. The molecule has 0 aliphatic carbocycles. The Labute approximate surface area is 146 Å². The lowest BCUT2D eigenvalue weighted by Crippen LogP contribution is -1.99. The number of hydrogen-bond acceptors (Lipinski definition) is 3. The number of carbonyl (C=O) groups excluding carboxylic acids is 1. The van der Waals surface area contributed by atoms with Crippen LogP contribution >= 0.6 is 27.5 Å². The number of rotatable bonds is 6. The summed E-state index contributed by atoms with van der Waals surface area (Å²) in [5.74, 6) is 0.729. The van der Waals surface area contributed by atoms with E-state index in [1.807, 2.05) is 0 Å². The fourth-order valence-electron chi connectivity index (χ4n) is 1.87. The zero-order valence-electron chi connectivity index (χ0n) is 12.2. The summed E-state index contributed by atoms with van der Waals surface area (Å²) < 4.78 is 24.6. The summed E-state index contributed by atoms with van der Waals surface area (Å²) in [5.41, 5.74) is 1.56. The van der Waals surface area contributed by atoms with Gasteiger partial charge in [-0.05, 0) is 75.1 Å². The highest BCUT2D eigenvalue weighted by molar-refractivity contribution is 9.10. The Morgan fingerprint density at radius 3 is 2.61 bits per heavy atom. The largest absolute Gasteiger partial charge is 0.493 e. The summed E-state index contributed by atoms with van der Waals surface area (Å²) in [6.07, 6.45) is 2.83. The Balaban J connectivity index is 2.20. The fraction of sp³-hybridized carbons (Fsp3) is 0.118. The van der Waals surface area contributed by atoms with Crippen molar-refractivity contribution in [3.8, 4) is 11.5 Å². The molecule has 0 saturated carbocycles. The molecule has 0 fully saturated rings. The molecule has 2 aromatic rings. The summed E-state index contributed by atoms with van der Waals surface area (Å²) in [6, 6.07) is 9.56. The van der Waals surface area contributed by atoms with Crippen molar-refractivity contribution in [2.75, 3.05) is 7.11 Å². The predicted octanol–water partition coefficient (Wildman–Crippen LogP) is 4.95. The van der Waals surface area contributed by atoms with E-state index in [1.54, 1.807) is 30.3 Å². The molecule has 0 spiro atoms. The summed E-state index contributed by atoms with van der Waals surface area (Å²) in [4.78, 5) is 10.8. The molecule has 2 aromatic carbocycles. The number of ether oxygens (including phenoxy) is 2. The van der Waals surface area contributed by atoms with Gasteiger partial charge in [0.1, 0.15) is 12.4 Å². The van der Waals surface area contributed by atoms with E-state index in [4.69, 9.17) is 21.1 Å². The highest BCUT2D eigenvalue weighted by Gasteiger charge is 2.11. The van der Waals surface area contributed by atoms with E-state index in [0.29, 0.717) is 16.0 Å². The molecule has 0 bridgehead atoms. The van der Waals surface area contributed by atoms with Gasteiger partial charge in [-0.1, -0.05) is 12.1 Å². The molecule has 0 aromatic heterocycles. The van der Waals surface area contributed by atoms with Gasteiger partial charge in [0, 0.05) is 0 Å². The van der Waals surface area contributed by atoms with Crippen LogP contribution in [0.4, 0.5) is 4.39 Å². The van der Waals surface area contributed by atoms with Gasteiger partial charge in [0.15, 0.2) is 11.5 Å². The van der Waals surface area contributed by atoms with E-state index < -0.39 is 5.24 Å². The third-order valence-corrected chi connectivity index (χ3v) is 3.67. The first-order chi connectivity index (χ1) is 11.0. The van der Waals surface area contributed by atoms with Crippen molar-refractivity contribution in [3.63, 3.8) is 0 Å². The van der Waals surface area contributed by atoms with Gasteiger partial charge in [-0.15, -0.1) is 0 Å². The molecule has 0 amide bonds. The molecule has 0 saturated heterocycles. The Bertz CT molecular complexity index is 729. The zero-order valence-corrected chi connectivity index (χ0v) is 14.5. The minimum Gasteiger partial charge on any atom is -0.493 e. The Kier molecular flexibility index (Phi) is 6.19. The number of methoxy groups -OCH3 is 1. The van der Waals surface area contributed by atoms with Crippen LogP contribution in [0.15, 0.2) is 46.9 Å². The Morgan fingerprint density at radius 2 is 2.00 bits per heavy atom. The van der Waals surface area contributed by atoms with Gasteiger partial charge < -0.3 is 9.47 Å². The van der Waals surface area contributed by atoms with Crippen LogP contribution in [0.25, 0.3) is 6.08 Å². The third kappa shape index (κ3) is 5.08. The van der Waals surface area contributed by atoms with E-state index in [-0.39, 0.29) is 12.4 Å². The van der Waals surface area contributed by atoms with Crippen molar-refractivity contribution >= 4 is 38.8 Å². The Hall–Kier alpha value is -1.85. The third-order valence-electron chi connectivity index (χ3n) is 2.96. The van der Waals surface area contributed by atoms with Gasteiger partial charge in [-0.3, -0.25) is 4.79 Å². The van der Waals surface area contributed by atoms with E-state index in [0.717, 1.165) is 11.1 Å². The van der Waals surface area contributed by atoms with Crippen molar-refractivity contribution in [1.29, 1.82) is 0 Å². The molecule has 0 radical (unpaired) electrons. The first-order valence-corrected chi connectivity index (χ1v) is 7.79. The maximum absolute atomic E-state index is 12.9. The summed E-state index contributed by atoms with van der Waals surface area (Å²) in [5, 5.41) is -0.559. The van der Waals surface area contributed by atoms with Gasteiger partial charge >= 0.3 is 0 Å². The van der Waals surface area contributed by atoms with E-state index in [9.17, 15) is 9.18 Å². The lowest BCUT2D eigenvalue weighted by molar-refractivity contribution is -0.107. The van der Waals surface area contributed by atoms with Crippen LogP contribution in [0.1, 0.15) is 11.1 Å². The second kappa shape index (κ2) is 8.13. The molecule has 0 N–H and O–H groups in total. The molecule has 120 valence electrons. The highest BCUT2D eigenvalue weighted by atomic mass is 79.9. The SMILES string of the molecule is COc1cc(/C=C/C(=O)Cl)cc(Br)c1OCc1ccc(F)cc1. The van der Waals surface area contributed by atoms with Gasteiger partial charge in [0.05, 0.1) is 11.6 Å². The standard InChI is InChI=1S/C17H13BrClFO3/c1-22-15-9-12(4-7-16(19)21)8-14(18)17(15)23-10-11-2-5-13(20)6-3-11/h2-9H,10H2,1H3/b7-4+. The summed E-state index contributed by atoms with van der Waals surface area (Å²) >= 11 is 8.70. The smallest absolute Gasteiger partial charge is 0.245 e. The van der Waals surface area contributed by atoms with Crippen molar-refractivity contribution < 1.29 is 18.7 Å². The first kappa shape index (κ1) is 17.5. The van der Waals surface area contributed by atoms with Crippen LogP contribution in [0.2, 0.25) is 0 Å². The van der Waals surface area contributed by atoms with Gasteiger partial charge in [-0.25, -0.2) is 4.39 Å². The fourth-order valence-corrected chi connectivity index (χ4v) is 2.51. The molecule has 6 heteroatoms. The van der Waals surface area contributed by atoms with Crippen molar-refractivity contribution in [3.05, 3.63) is 63.9 Å². The quantitative estimate of drug-likeness (QED) is 0.509. The second-order valence-corrected chi connectivity index (χ2v) is 5.81. The normalized spacial score (nSPS) is 10.8. The molecular weight excluding hydrogens is 387 g/mol. The second-order valence-electron chi connectivity index (χ2n) is 4.59. The van der Waals surface area contributed by atoms with Gasteiger partial charge in [0.25, 0.3) is 0 Å². The first-order valence-electron chi connectivity index (χ1n) is 6.62. The van der Waals surface area contributed by atoms with E-state index in [1.165, 1.54) is 25.3 Å². The Morgan fingerprint density at radius 1 is 1.30 bits per heavy atom. The van der Waals surface area contributed by atoms with Crippen LogP contribution in [0, 0.1) is 5.82 Å². The number of allylic oxidation sites excluding steroid dienone is 1. The molecule has 2 rings (SSSR count). The van der Waals surface area contributed by atoms with Crippen LogP contribution < -0.4 is 9.47 Å². The van der Waals surface area contributed by atoms with Crippen LogP contribution in [-0.4, -0.2) is 12.4 Å². The molecular formula is C17H13BrClFO3. The molecule has 0 aliphatic rings.